The van der Waals surface area contributed by atoms with Gasteiger partial charge in [-0.3, -0.25) is 4.57 Å². The van der Waals surface area contributed by atoms with E-state index in [0.29, 0.717) is 39.6 Å². The summed E-state index contributed by atoms with van der Waals surface area (Å²) >= 11 is 0. The maximum absolute atomic E-state index is 12.8. The van der Waals surface area contributed by atoms with E-state index in [0.717, 1.165) is 38.5 Å². The Kier molecular flexibility index (Phi) is 18.8. The first-order valence-electron chi connectivity index (χ1n) is 9.79. The second kappa shape index (κ2) is 18.8. The average molecular weight is 382 g/mol. The number of rotatable bonds is 20. The van der Waals surface area contributed by atoms with Crippen molar-refractivity contribution >= 4 is 7.60 Å². The minimum atomic E-state index is -3.16. The van der Waals surface area contributed by atoms with E-state index in [9.17, 15) is 4.57 Å². The first-order chi connectivity index (χ1) is 12.2. The molecule has 0 aliphatic heterocycles. The van der Waals surface area contributed by atoms with Crippen molar-refractivity contribution in [3.63, 3.8) is 0 Å². The molecule has 0 amide bonds. The van der Waals surface area contributed by atoms with Crippen molar-refractivity contribution in [2.24, 2.45) is 0 Å². The van der Waals surface area contributed by atoms with Gasteiger partial charge in [0.2, 0.25) is 0 Å². The molecule has 0 aromatic heterocycles. The van der Waals surface area contributed by atoms with Crippen molar-refractivity contribution in [1.29, 1.82) is 0 Å². The van der Waals surface area contributed by atoms with E-state index in [4.69, 9.17) is 23.3 Å². The van der Waals surface area contributed by atoms with E-state index in [2.05, 4.69) is 20.8 Å². The number of unbranched alkanes of at least 4 members (excludes halogenated alkanes) is 3. The lowest BCUT2D eigenvalue weighted by Gasteiger charge is -2.19. The summed E-state index contributed by atoms with van der Waals surface area (Å²) in [5.41, 5.74) is 0. The quantitative estimate of drug-likeness (QED) is 0.225. The van der Waals surface area contributed by atoms with Gasteiger partial charge in [0.15, 0.2) is 0 Å². The Bertz CT molecular complexity index is 294. The normalized spacial score (nSPS) is 12.0. The van der Waals surface area contributed by atoms with E-state index in [-0.39, 0.29) is 19.4 Å². The fourth-order valence-corrected chi connectivity index (χ4v) is 3.25. The van der Waals surface area contributed by atoms with Gasteiger partial charge < -0.3 is 23.3 Å². The molecule has 7 heteroatoms. The summed E-state index contributed by atoms with van der Waals surface area (Å²) < 4.78 is 40.2. The third-order valence-electron chi connectivity index (χ3n) is 3.47. The van der Waals surface area contributed by atoms with E-state index in [1.165, 1.54) is 0 Å². The first-order valence-corrected chi connectivity index (χ1v) is 11.5. The Balaban J connectivity index is 4.03. The molecule has 0 rings (SSSR count). The minimum Gasteiger partial charge on any atom is -0.381 e. The lowest BCUT2D eigenvalue weighted by molar-refractivity contribution is 0.0697. The van der Waals surface area contributed by atoms with Gasteiger partial charge in [-0.15, -0.1) is 0 Å². The first kappa shape index (κ1) is 25.0. The molecule has 0 radical (unpaired) electrons. The summed E-state index contributed by atoms with van der Waals surface area (Å²) in [4.78, 5) is 0. The molecule has 0 heterocycles. The Morgan fingerprint density at radius 3 is 1.36 bits per heavy atom. The molecule has 0 saturated heterocycles. The molecule has 0 unspecified atom stereocenters. The van der Waals surface area contributed by atoms with Crippen molar-refractivity contribution in [2.45, 2.75) is 59.3 Å². The van der Waals surface area contributed by atoms with Crippen LogP contribution in [-0.4, -0.2) is 59.0 Å². The minimum absolute atomic E-state index is 0.265. The maximum atomic E-state index is 12.8. The van der Waals surface area contributed by atoms with Crippen molar-refractivity contribution in [3.8, 4) is 0 Å². The summed E-state index contributed by atoms with van der Waals surface area (Å²) in [5, 5.41) is 0. The molecule has 0 aromatic carbocycles. The van der Waals surface area contributed by atoms with Gasteiger partial charge in [-0.1, -0.05) is 40.0 Å². The zero-order chi connectivity index (χ0) is 18.6. The summed E-state index contributed by atoms with van der Waals surface area (Å²) in [7, 11) is -3.16. The second-order valence-corrected chi connectivity index (χ2v) is 8.08. The van der Waals surface area contributed by atoms with Gasteiger partial charge in [0.25, 0.3) is 0 Å². The lowest BCUT2D eigenvalue weighted by Crippen LogP contribution is -2.12. The van der Waals surface area contributed by atoms with Gasteiger partial charge in [-0.2, -0.15) is 0 Å². The molecule has 0 spiro atoms. The van der Waals surface area contributed by atoms with Crippen molar-refractivity contribution in [1.82, 2.24) is 0 Å². The Hall–Kier alpha value is 0.0300. The van der Waals surface area contributed by atoms with Crippen LogP contribution in [0, 0.1) is 0 Å². The highest BCUT2D eigenvalue weighted by Gasteiger charge is 2.24. The topological polar surface area (TPSA) is 63.2 Å². The smallest absolute Gasteiger partial charge is 0.333 e. The largest absolute Gasteiger partial charge is 0.381 e. The van der Waals surface area contributed by atoms with Crippen LogP contribution in [0.2, 0.25) is 0 Å². The molecule has 0 aliphatic carbocycles. The molecule has 152 valence electrons. The molecule has 0 atom stereocenters. The number of hydrogen-bond acceptors (Lipinski definition) is 6. The van der Waals surface area contributed by atoms with Gasteiger partial charge >= 0.3 is 7.60 Å². The van der Waals surface area contributed by atoms with Crippen LogP contribution in [0.25, 0.3) is 0 Å². The zero-order valence-corrected chi connectivity index (χ0v) is 17.4. The van der Waals surface area contributed by atoms with Crippen LogP contribution in [0.1, 0.15) is 59.3 Å². The molecule has 0 N–H and O–H groups in total. The van der Waals surface area contributed by atoms with Crippen LogP contribution in [0.4, 0.5) is 0 Å². The fraction of sp³-hybridized carbons (Fsp3) is 1.00. The van der Waals surface area contributed by atoms with Gasteiger partial charge in [0, 0.05) is 19.8 Å². The maximum Gasteiger partial charge on any atom is 0.333 e. The Morgan fingerprint density at radius 1 is 0.560 bits per heavy atom. The Labute approximate surface area is 154 Å². The Morgan fingerprint density at radius 2 is 0.960 bits per heavy atom. The predicted molar refractivity (Wildman–Crippen MR) is 102 cm³/mol. The predicted octanol–water partition coefficient (Wildman–Crippen LogP) is 4.66. The lowest BCUT2D eigenvalue weighted by atomic mass is 10.4. The van der Waals surface area contributed by atoms with Crippen LogP contribution in [0.5, 0.6) is 0 Å². The van der Waals surface area contributed by atoms with Gasteiger partial charge in [-0.05, 0) is 19.3 Å². The molecule has 0 fully saturated rings. The van der Waals surface area contributed by atoms with Crippen molar-refractivity contribution < 1.29 is 27.8 Å². The van der Waals surface area contributed by atoms with Crippen molar-refractivity contribution in [3.05, 3.63) is 0 Å². The van der Waals surface area contributed by atoms with Crippen LogP contribution in [-0.2, 0) is 27.8 Å². The van der Waals surface area contributed by atoms with Gasteiger partial charge in [-0.25, -0.2) is 0 Å². The van der Waals surface area contributed by atoms with Crippen LogP contribution >= 0.6 is 7.60 Å². The number of hydrogen-bond donors (Lipinski definition) is 0. The van der Waals surface area contributed by atoms with E-state index >= 15 is 0 Å². The highest BCUT2D eigenvalue weighted by Crippen LogP contribution is 2.47. The molecule has 0 aliphatic rings. The standard InChI is InChI=1S/C18H39O6P/c1-4-7-10-20-13-15-23-25(19,18-17-22-12-9-6-3)24-16-14-21-11-8-5-2/h4-18H2,1-3H3. The summed E-state index contributed by atoms with van der Waals surface area (Å²) in [6.07, 6.45) is 6.58. The van der Waals surface area contributed by atoms with Crippen LogP contribution in [0.3, 0.4) is 0 Å². The zero-order valence-electron chi connectivity index (χ0n) is 16.5. The van der Waals surface area contributed by atoms with E-state index in [1.54, 1.807) is 0 Å². The number of ether oxygens (including phenoxy) is 3. The molecular weight excluding hydrogens is 343 g/mol. The van der Waals surface area contributed by atoms with Crippen molar-refractivity contribution in [2.75, 3.05) is 59.0 Å². The highest BCUT2D eigenvalue weighted by atomic mass is 31.2. The third-order valence-corrected chi connectivity index (χ3v) is 5.35. The molecular formula is C18H39O6P. The van der Waals surface area contributed by atoms with E-state index < -0.39 is 7.60 Å². The average Bonchev–Trinajstić information content (AvgIpc) is 2.61. The molecule has 0 bridgehead atoms. The SMILES string of the molecule is CCCCOCCOP(=O)(CCOCCCC)OCCOCCCC. The molecule has 25 heavy (non-hydrogen) atoms. The summed E-state index contributed by atoms with van der Waals surface area (Å²) in [6.45, 7) is 10.2. The van der Waals surface area contributed by atoms with E-state index in [1.807, 2.05) is 0 Å². The summed E-state index contributed by atoms with van der Waals surface area (Å²) in [6, 6.07) is 0. The van der Waals surface area contributed by atoms with Gasteiger partial charge in [0.05, 0.1) is 39.2 Å². The fourth-order valence-electron chi connectivity index (χ4n) is 1.86. The van der Waals surface area contributed by atoms with Crippen LogP contribution in [0.15, 0.2) is 0 Å². The highest BCUT2D eigenvalue weighted by molar-refractivity contribution is 7.53. The summed E-state index contributed by atoms with van der Waals surface area (Å²) in [5.74, 6) is 0. The molecule has 0 saturated carbocycles. The third kappa shape index (κ3) is 17.2. The second-order valence-electron chi connectivity index (χ2n) is 5.90. The van der Waals surface area contributed by atoms with Gasteiger partial charge in [0.1, 0.15) is 0 Å². The monoisotopic (exact) mass is 382 g/mol. The molecule has 6 nitrogen and oxygen atoms in total. The van der Waals surface area contributed by atoms with Crippen LogP contribution < -0.4 is 0 Å². The molecule has 0 aromatic rings.